The SMILES string of the molecule is Nc1ncnc2c1ncn2[C@@H]1O[C@H](CO)[C@@H](O)[C@H]1O.c1ccc(C2CCc3ccccc3O2)cc1. The van der Waals surface area contributed by atoms with Crippen molar-refractivity contribution >= 4 is 17.0 Å². The van der Waals surface area contributed by atoms with Crippen LogP contribution in [0.15, 0.2) is 67.3 Å². The van der Waals surface area contributed by atoms with Crippen molar-refractivity contribution in [2.45, 2.75) is 43.5 Å². The van der Waals surface area contributed by atoms with Gasteiger partial charge < -0.3 is 30.5 Å². The van der Waals surface area contributed by atoms with Crippen LogP contribution in [-0.2, 0) is 11.2 Å². The first-order valence-corrected chi connectivity index (χ1v) is 11.4. The number of aromatic nitrogens is 4. The van der Waals surface area contributed by atoms with Gasteiger partial charge in [-0.2, -0.15) is 0 Å². The van der Waals surface area contributed by atoms with E-state index in [-0.39, 0.29) is 11.9 Å². The first-order valence-electron chi connectivity index (χ1n) is 11.4. The maximum Gasteiger partial charge on any atom is 0.167 e. The summed E-state index contributed by atoms with van der Waals surface area (Å²) in [5.74, 6) is 1.26. The molecule has 0 saturated carbocycles. The zero-order valence-electron chi connectivity index (χ0n) is 18.9. The molecule has 0 amide bonds. The van der Waals surface area contributed by atoms with Crippen LogP contribution >= 0.6 is 0 Å². The molecule has 1 fully saturated rings. The summed E-state index contributed by atoms with van der Waals surface area (Å²) in [6.45, 7) is -0.390. The maximum atomic E-state index is 9.95. The number of aliphatic hydroxyl groups is 3. The largest absolute Gasteiger partial charge is 0.485 e. The Hall–Kier alpha value is -3.57. The van der Waals surface area contributed by atoms with Crippen molar-refractivity contribution in [3.8, 4) is 5.75 Å². The summed E-state index contributed by atoms with van der Waals surface area (Å²) in [6.07, 6.45) is 0.973. The molecule has 6 rings (SSSR count). The fraction of sp³-hybridized carbons (Fsp3) is 0.320. The minimum absolute atomic E-state index is 0.218. The Bertz CT molecular complexity index is 1280. The molecule has 2 aromatic heterocycles. The van der Waals surface area contributed by atoms with E-state index in [0.717, 1.165) is 18.6 Å². The van der Waals surface area contributed by atoms with Crippen LogP contribution in [0.4, 0.5) is 5.82 Å². The smallest absolute Gasteiger partial charge is 0.167 e. The molecule has 0 bridgehead atoms. The van der Waals surface area contributed by atoms with Crippen molar-refractivity contribution in [1.29, 1.82) is 0 Å². The number of rotatable bonds is 3. The van der Waals surface area contributed by atoms with Gasteiger partial charge in [0.05, 0.1) is 12.9 Å². The lowest BCUT2D eigenvalue weighted by molar-refractivity contribution is -0.0511. The van der Waals surface area contributed by atoms with Crippen molar-refractivity contribution in [1.82, 2.24) is 19.5 Å². The Morgan fingerprint density at radius 1 is 0.971 bits per heavy atom. The lowest BCUT2D eigenvalue weighted by Gasteiger charge is -2.26. The second kappa shape index (κ2) is 9.96. The van der Waals surface area contributed by atoms with Gasteiger partial charge >= 0.3 is 0 Å². The number of hydrogen-bond donors (Lipinski definition) is 4. The van der Waals surface area contributed by atoms with Crippen LogP contribution in [0.25, 0.3) is 11.2 Å². The van der Waals surface area contributed by atoms with Gasteiger partial charge in [0.25, 0.3) is 0 Å². The van der Waals surface area contributed by atoms with E-state index in [1.165, 1.54) is 28.3 Å². The van der Waals surface area contributed by atoms with Gasteiger partial charge in [-0.25, -0.2) is 15.0 Å². The number of anilines is 1. The monoisotopic (exact) mass is 477 g/mol. The first kappa shape index (κ1) is 23.2. The topological polar surface area (TPSA) is 149 Å². The molecule has 1 saturated heterocycles. The van der Waals surface area contributed by atoms with Crippen LogP contribution in [0.1, 0.15) is 29.9 Å². The van der Waals surface area contributed by atoms with Crippen molar-refractivity contribution in [3.63, 3.8) is 0 Å². The van der Waals surface area contributed by atoms with E-state index < -0.39 is 31.1 Å². The number of nitrogen functional groups attached to an aromatic ring is 1. The Kier molecular flexibility index (Phi) is 6.60. The van der Waals surface area contributed by atoms with Gasteiger partial charge in [0.2, 0.25) is 0 Å². The highest BCUT2D eigenvalue weighted by atomic mass is 16.6. The molecule has 10 nitrogen and oxygen atoms in total. The summed E-state index contributed by atoms with van der Waals surface area (Å²) in [4.78, 5) is 11.9. The van der Waals surface area contributed by atoms with E-state index >= 15 is 0 Å². The second-order valence-corrected chi connectivity index (χ2v) is 8.48. The van der Waals surface area contributed by atoms with Gasteiger partial charge in [0, 0.05) is 0 Å². The van der Waals surface area contributed by atoms with Crippen LogP contribution in [-0.4, -0.2) is 59.8 Å². The van der Waals surface area contributed by atoms with Gasteiger partial charge in [-0.1, -0.05) is 48.5 Å². The quantitative estimate of drug-likeness (QED) is 0.346. The van der Waals surface area contributed by atoms with Crippen LogP contribution in [0.5, 0.6) is 5.75 Å². The Balaban J connectivity index is 0.000000147. The van der Waals surface area contributed by atoms with E-state index in [4.69, 9.17) is 20.3 Å². The summed E-state index contributed by atoms with van der Waals surface area (Å²) in [7, 11) is 0. The minimum Gasteiger partial charge on any atom is -0.485 e. The molecule has 2 aliphatic heterocycles. The van der Waals surface area contributed by atoms with E-state index in [1.54, 1.807) is 0 Å². The van der Waals surface area contributed by atoms with Crippen LogP contribution in [0, 0.1) is 0 Å². The number of imidazole rings is 1. The molecule has 5 N–H and O–H groups in total. The zero-order valence-corrected chi connectivity index (χ0v) is 18.9. The van der Waals surface area contributed by atoms with Crippen LogP contribution in [0.2, 0.25) is 0 Å². The molecular weight excluding hydrogens is 450 g/mol. The summed E-state index contributed by atoms with van der Waals surface area (Å²) in [5.41, 5.74) is 9.05. The molecule has 182 valence electrons. The molecule has 10 heteroatoms. The van der Waals surface area contributed by atoms with Crippen molar-refractivity contribution in [2.75, 3.05) is 12.3 Å². The molecule has 35 heavy (non-hydrogen) atoms. The predicted molar refractivity (Wildman–Crippen MR) is 127 cm³/mol. The standard InChI is InChI=1S/C15H14O.C10H13N5O4/c1-2-6-12(7-3-1)15-11-10-13-8-4-5-9-14(13)16-15;11-8-5-9(13-2-12-8)15(3-14-5)10-7(18)6(17)4(1-16)19-10/h1-9,15H,10-11H2;2-4,6-7,10,16-18H,1H2,(H2,11,12,13)/t;4-,6-,7-,10-/m.1/s1. The molecule has 2 aromatic carbocycles. The van der Waals surface area contributed by atoms with Crippen molar-refractivity contribution in [3.05, 3.63) is 78.4 Å². The van der Waals surface area contributed by atoms with E-state index in [1.807, 2.05) is 12.1 Å². The lowest BCUT2D eigenvalue weighted by atomic mass is 9.98. The van der Waals surface area contributed by atoms with Gasteiger partial charge in [-0.15, -0.1) is 0 Å². The van der Waals surface area contributed by atoms with Crippen molar-refractivity contribution < 1.29 is 24.8 Å². The lowest BCUT2D eigenvalue weighted by Crippen LogP contribution is -2.33. The third-order valence-corrected chi connectivity index (χ3v) is 6.27. The average molecular weight is 478 g/mol. The highest BCUT2D eigenvalue weighted by Crippen LogP contribution is 2.34. The normalized spacial score (nSPS) is 25.4. The van der Waals surface area contributed by atoms with E-state index in [9.17, 15) is 10.2 Å². The summed E-state index contributed by atoms with van der Waals surface area (Å²) in [6, 6.07) is 18.8. The molecule has 4 heterocycles. The fourth-order valence-electron chi connectivity index (χ4n) is 4.39. The number of hydrogen-bond acceptors (Lipinski definition) is 9. The molecule has 0 aliphatic carbocycles. The molecule has 2 aliphatic rings. The number of fused-ring (bicyclic) bond motifs is 2. The Morgan fingerprint density at radius 3 is 2.51 bits per heavy atom. The van der Waals surface area contributed by atoms with Gasteiger partial charge in [0.15, 0.2) is 17.7 Å². The maximum absolute atomic E-state index is 9.95. The number of aryl methyl sites for hydroxylation is 1. The minimum atomic E-state index is -1.19. The number of aliphatic hydroxyl groups excluding tert-OH is 3. The fourth-order valence-corrected chi connectivity index (χ4v) is 4.39. The highest BCUT2D eigenvalue weighted by molar-refractivity contribution is 5.81. The summed E-state index contributed by atoms with van der Waals surface area (Å²) >= 11 is 0. The molecule has 1 unspecified atom stereocenters. The highest BCUT2D eigenvalue weighted by Gasteiger charge is 2.44. The third kappa shape index (κ3) is 4.56. The third-order valence-electron chi connectivity index (χ3n) is 6.27. The summed E-state index contributed by atoms with van der Waals surface area (Å²) in [5, 5.41) is 28.7. The Morgan fingerprint density at radius 2 is 1.74 bits per heavy atom. The van der Waals surface area contributed by atoms with E-state index in [0.29, 0.717) is 11.2 Å². The number of nitrogens with zero attached hydrogens (tertiary/aromatic N) is 4. The van der Waals surface area contributed by atoms with Gasteiger partial charge in [-0.05, 0) is 30.0 Å². The predicted octanol–water partition coefficient (Wildman–Crippen LogP) is 1.77. The number of nitrogens with two attached hydrogens (primary N) is 1. The average Bonchev–Trinajstić information content (AvgIpc) is 3.46. The first-order chi connectivity index (χ1) is 17.1. The van der Waals surface area contributed by atoms with Gasteiger partial charge in [-0.3, -0.25) is 4.57 Å². The van der Waals surface area contributed by atoms with Gasteiger partial charge in [0.1, 0.15) is 42.0 Å². The van der Waals surface area contributed by atoms with Crippen LogP contribution < -0.4 is 10.5 Å². The van der Waals surface area contributed by atoms with E-state index in [2.05, 4.69) is 57.4 Å². The number of ether oxygens (including phenoxy) is 2. The number of para-hydroxylation sites is 1. The Labute approximate surface area is 201 Å². The molecular formula is C25H27N5O5. The number of benzene rings is 2. The second-order valence-electron chi connectivity index (χ2n) is 8.48. The molecule has 4 aromatic rings. The summed E-state index contributed by atoms with van der Waals surface area (Å²) < 4.78 is 12.9. The molecule has 5 atom stereocenters. The molecule has 0 spiro atoms. The van der Waals surface area contributed by atoms with Crippen molar-refractivity contribution in [2.24, 2.45) is 0 Å². The zero-order chi connectivity index (χ0) is 24.4. The molecule has 0 radical (unpaired) electrons. The van der Waals surface area contributed by atoms with Crippen LogP contribution in [0.3, 0.4) is 0 Å².